The van der Waals surface area contributed by atoms with E-state index >= 15 is 0 Å². The lowest BCUT2D eigenvalue weighted by atomic mass is 9.93. The largest absolute Gasteiger partial charge is 0.382 e. The summed E-state index contributed by atoms with van der Waals surface area (Å²) in [6, 6.07) is 4.10. The lowest BCUT2D eigenvalue weighted by Crippen LogP contribution is -2.13. The number of rotatable bonds is 4. The molecule has 0 atom stereocenters. The summed E-state index contributed by atoms with van der Waals surface area (Å²) in [6.45, 7) is 10.3. The maximum Gasteiger partial charge on any atom is 0.152 e. The molecule has 0 spiro atoms. The number of fused-ring (bicyclic) bond motifs is 3. The molecule has 0 fully saturated rings. The van der Waals surface area contributed by atoms with Gasteiger partial charge in [-0.15, -0.1) is 0 Å². The van der Waals surface area contributed by atoms with Crippen molar-refractivity contribution in [3.8, 4) is 0 Å². The highest BCUT2D eigenvalue weighted by Crippen LogP contribution is 2.34. The van der Waals surface area contributed by atoms with Crippen molar-refractivity contribution in [3.05, 3.63) is 35.7 Å². The Balaban J connectivity index is 2.49. The number of hydrogen-bond donors (Lipinski definition) is 2. The normalized spacial score (nSPS) is 11.7. The molecule has 120 valence electrons. The SMILES string of the molecule is C=Cc1ccc2c(nc(N)c3nc(CCC)n(N)c32)c1C(C)C. The second-order valence-electron chi connectivity index (χ2n) is 6.17. The van der Waals surface area contributed by atoms with Crippen molar-refractivity contribution >= 4 is 33.8 Å². The van der Waals surface area contributed by atoms with Crippen LogP contribution in [0.3, 0.4) is 0 Å². The summed E-state index contributed by atoms with van der Waals surface area (Å²) in [6.07, 6.45) is 3.65. The Morgan fingerprint density at radius 1 is 1.26 bits per heavy atom. The van der Waals surface area contributed by atoms with E-state index in [9.17, 15) is 0 Å². The lowest BCUT2D eigenvalue weighted by molar-refractivity contribution is 0.802. The fourth-order valence-electron chi connectivity index (χ4n) is 3.21. The first-order valence-electron chi connectivity index (χ1n) is 8.00. The molecule has 3 rings (SSSR count). The first-order chi connectivity index (χ1) is 11.0. The van der Waals surface area contributed by atoms with Gasteiger partial charge in [0.05, 0.1) is 5.52 Å². The van der Waals surface area contributed by atoms with Crippen LogP contribution in [-0.2, 0) is 6.42 Å². The number of nitrogen functional groups attached to an aromatic ring is 2. The summed E-state index contributed by atoms with van der Waals surface area (Å²) >= 11 is 0. The third-order valence-corrected chi connectivity index (χ3v) is 4.24. The zero-order valence-electron chi connectivity index (χ0n) is 13.9. The molecule has 3 aromatic rings. The van der Waals surface area contributed by atoms with Crippen molar-refractivity contribution in [1.82, 2.24) is 14.6 Å². The number of benzene rings is 1. The molecule has 0 radical (unpaired) electrons. The smallest absolute Gasteiger partial charge is 0.152 e. The van der Waals surface area contributed by atoms with E-state index in [1.54, 1.807) is 4.68 Å². The molecule has 0 unspecified atom stereocenters. The molecular formula is C18H23N5. The Kier molecular flexibility index (Phi) is 3.72. The van der Waals surface area contributed by atoms with Crippen LogP contribution in [0.5, 0.6) is 0 Å². The van der Waals surface area contributed by atoms with Gasteiger partial charge in [-0.1, -0.05) is 39.5 Å². The summed E-state index contributed by atoms with van der Waals surface area (Å²) in [7, 11) is 0. The molecule has 2 aromatic heterocycles. The molecular weight excluding hydrogens is 286 g/mol. The minimum Gasteiger partial charge on any atom is -0.382 e. The molecule has 23 heavy (non-hydrogen) atoms. The van der Waals surface area contributed by atoms with Crippen molar-refractivity contribution in [2.75, 3.05) is 11.6 Å². The Bertz CT molecular complexity index is 905. The van der Waals surface area contributed by atoms with E-state index in [1.165, 1.54) is 0 Å². The van der Waals surface area contributed by atoms with Gasteiger partial charge in [0.25, 0.3) is 0 Å². The van der Waals surface area contributed by atoms with Crippen LogP contribution < -0.4 is 11.6 Å². The van der Waals surface area contributed by atoms with Crippen molar-refractivity contribution in [1.29, 1.82) is 0 Å². The zero-order valence-corrected chi connectivity index (χ0v) is 13.9. The summed E-state index contributed by atoms with van der Waals surface area (Å²) < 4.78 is 1.66. The topological polar surface area (TPSA) is 82.8 Å². The Morgan fingerprint density at radius 2 is 2.00 bits per heavy atom. The quantitative estimate of drug-likeness (QED) is 0.721. The van der Waals surface area contributed by atoms with Crippen molar-refractivity contribution in [2.45, 2.75) is 39.5 Å². The van der Waals surface area contributed by atoms with Crippen LogP contribution in [0.4, 0.5) is 5.82 Å². The summed E-state index contributed by atoms with van der Waals surface area (Å²) in [5, 5.41) is 0.987. The van der Waals surface area contributed by atoms with Gasteiger partial charge in [-0.25, -0.2) is 14.6 Å². The number of nitrogens with zero attached hydrogens (tertiary/aromatic N) is 3. The van der Waals surface area contributed by atoms with Crippen LogP contribution >= 0.6 is 0 Å². The molecule has 0 bridgehead atoms. The number of imidazole rings is 1. The number of nitrogens with two attached hydrogens (primary N) is 2. The zero-order chi connectivity index (χ0) is 16.7. The van der Waals surface area contributed by atoms with Crippen LogP contribution in [0.2, 0.25) is 0 Å². The summed E-state index contributed by atoms with van der Waals surface area (Å²) in [4.78, 5) is 9.25. The van der Waals surface area contributed by atoms with Gasteiger partial charge in [0.2, 0.25) is 0 Å². The predicted octanol–water partition coefficient (Wildman–Crippen LogP) is 3.60. The highest BCUT2D eigenvalue weighted by Gasteiger charge is 2.19. The van der Waals surface area contributed by atoms with Crippen LogP contribution in [0.1, 0.15) is 50.1 Å². The van der Waals surface area contributed by atoms with Gasteiger partial charge in [-0.2, -0.15) is 0 Å². The molecule has 0 saturated carbocycles. The predicted molar refractivity (Wildman–Crippen MR) is 97.8 cm³/mol. The fraction of sp³-hybridized carbons (Fsp3) is 0.333. The molecule has 1 aromatic carbocycles. The Hall–Kier alpha value is -2.56. The third-order valence-electron chi connectivity index (χ3n) is 4.24. The molecule has 2 heterocycles. The van der Waals surface area contributed by atoms with E-state index < -0.39 is 0 Å². The second kappa shape index (κ2) is 5.57. The highest BCUT2D eigenvalue weighted by molar-refractivity contribution is 6.08. The third kappa shape index (κ3) is 2.23. The van der Waals surface area contributed by atoms with Crippen LogP contribution in [0, 0.1) is 0 Å². The van der Waals surface area contributed by atoms with Crippen LogP contribution in [-0.4, -0.2) is 14.6 Å². The number of pyridine rings is 1. The minimum atomic E-state index is 0.306. The van der Waals surface area contributed by atoms with Crippen molar-refractivity contribution in [2.24, 2.45) is 0 Å². The molecule has 0 saturated heterocycles. The maximum atomic E-state index is 6.31. The van der Waals surface area contributed by atoms with E-state index in [0.717, 1.165) is 46.2 Å². The highest BCUT2D eigenvalue weighted by atomic mass is 15.3. The number of aryl methyl sites for hydroxylation is 1. The van der Waals surface area contributed by atoms with E-state index in [0.29, 0.717) is 17.3 Å². The molecule has 0 aliphatic rings. The lowest BCUT2D eigenvalue weighted by Gasteiger charge is -2.14. The van der Waals surface area contributed by atoms with Gasteiger partial charge in [-0.05, 0) is 29.5 Å². The van der Waals surface area contributed by atoms with E-state index in [2.05, 4.69) is 43.4 Å². The van der Waals surface area contributed by atoms with Crippen LogP contribution in [0.25, 0.3) is 28.0 Å². The number of aromatic nitrogens is 3. The standard InChI is InChI=1S/C18H23N5/c1-5-7-13-21-16-17(23(13)20)12-9-8-11(6-2)14(10(3)4)15(12)22-18(16)19/h6,8-10H,2,5,7,20H2,1,3-4H3,(H2,19,22). The van der Waals surface area contributed by atoms with E-state index in [-0.39, 0.29) is 0 Å². The monoisotopic (exact) mass is 309 g/mol. The van der Waals surface area contributed by atoms with Crippen molar-refractivity contribution < 1.29 is 0 Å². The fourth-order valence-corrected chi connectivity index (χ4v) is 3.21. The molecule has 5 nitrogen and oxygen atoms in total. The number of hydrogen-bond acceptors (Lipinski definition) is 4. The Morgan fingerprint density at radius 3 is 2.61 bits per heavy atom. The molecule has 0 aliphatic heterocycles. The second-order valence-corrected chi connectivity index (χ2v) is 6.17. The average Bonchev–Trinajstić information content (AvgIpc) is 2.84. The summed E-state index contributed by atoms with van der Waals surface area (Å²) in [5.74, 6) is 7.88. The molecule has 5 heteroatoms. The van der Waals surface area contributed by atoms with E-state index in [4.69, 9.17) is 11.6 Å². The molecule has 0 aliphatic carbocycles. The molecule has 4 N–H and O–H groups in total. The maximum absolute atomic E-state index is 6.31. The van der Waals surface area contributed by atoms with Gasteiger partial charge in [0.1, 0.15) is 16.9 Å². The van der Waals surface area contributed by atoms with Gasteiger partial charge >= 0.3 is 0 Å². The van der Waals surface area contributed by atoms with Crippen LogP contribution in [0.15, 0.2) is 18.7 Å². The van der Waals surface area contributed by atoms with Gasteiger partial charge in [0.15, 0.2) is 5.82 Å². The van der Waals surface area contributed by atoms with E-state index in [1.807, 2.05) is 12.1 Å². The first-order valence-corrected chi connectivity index (χ1v) is 8.00. The van der Waals surface area contributed by atoms with Gasteiger partial charge < -0.3 is 11.6 Å². The average molecular weight is 309 g/mol. The minimum absolute atomic E-state index is 0.306. The summed E-state index contributed by atoms with van der Waals surface area (Å²) in [5.41, 5.74) is 10.8. The molecule has 0 amide bonds. The van der Waals surface area contributed by atoms with Gasteiger partial charge in [0, 0.05) is 11.8 Å². The number of anilines is 1. The van der Waals surface area contributed by atoms with Gasteiger partial charge in [-0.3, -0.25) is 0 Å². The first kappa shape index (κ1) is 15.3. The Labute approximate surface area is 136 Å². The van der Waals surface area contributed by atoms with Crippen molar-refractivity contribution in [3.63, 3.8) is 0 Å².